The van der Waals surface area contributed by atoms with Gasteiger partial charge in [-0.15, -0.1) is 0 Å². The van der Waals surface area contributed by atoms with Gasteiger partial charge in [-0.2, -0.15) is 0 Å². The molecule has 3 N–H and O–H groups in total. The first-order valence-electron chi connectivity index (χ1n) is 10.4. The molecule has 0 aromatic rings. The molecule has 0 unspecified atom stereocenters. The number of carbonyl (C=O) groups is 1. The number of carbonyl (C=O) groups excluding carboxylic acids is 1. The van der Waals surface area contributed by atoms with E-state index >= 15 is 0 Å². The summed E-state index contributed by atoms with van der Waals surface area (Å²) in [6, 6.07) is 0. The van der Waals surface area contributed by atoms with Crippen molar-refractivity contribution in [3.8, 4) is 0 Å². The first-order chi connectivity index (χ1) is 13.1. The Balaban J connectivity index is 1.53. The van der Waals surface area contributed by atoms with E-state index in [0.717, 1.165) is 5.57 Å². The lowest BCUT2D eigenvalue weighted by molar-refractivity contribution is -0.241. The SMILES string of the molecule is CC(C)[C@]12O[C@H]1[C@H](C)[C@]1(O)[C@]3(O[C@H]3C[C@H]3C4=C(C(=O)OC4)[C@@H](O)C[C@@]31C)[C@@H]2O. The molecule has 0 radical (unpaired) electrons. The maximum absolute atomic E-state index is 12.4. The Hall–Kier alpha value is -0.990. The Morgan fingerprint density at radius 3 is 2.61 bits per heavy atom. The van der Waals surface area contributed by atoms with E-state index in [1.165, 1.54) is 0 Å². The number of aliphatic hydroxyl groups excluding tert-OH is 2. The fourth-order valence-electron chi connectivity index (χ4n) is 7.90. The molecule has 0 bridgehead atoms. The van der Waals surface area contributed by atoms with Gasteiger partial charge in [0.05, 0.1) is 23.9 Å². The molecule has 3 aliphatic heterocycles. The van der Waals surface area contributed by atoms with Gasteiger partial charge in [0.1, 0.15) is 23.9 Å². The lowest BCUT2D eigenvalue weighted by atomic mass is 9.42. The highest BCUT2D eigenvalue weighted by atomic mass is 16.7. The maximum Gasteiger partial charge on any atom is 0.337 e. The summed E-state index contributed by atoms with van der Waals surface area (Å²) in [5.74, 6) is -0.770. The van der Waals surface area contributed by atoms with Crippen molar-refractivity contribution >= 4 is 5.97 Å². The van der Waals surface area contributed by atoms with Crippen molar-refractivity contribution in [2.24, 2.45) is 23.2 Å². The van der Waals surface area contributed by atoms with Gasteiger partial charge in [-0.1, -0.05) is 27.7 Å². The van der Waals surface area contributed by atoms with Gasteiger partial charge in [-0.3, -0.25) is 0 Å². The second-order valence-corrected chi connectivity index (χ2v) is 10.3. The minimum absolute atomic E-state index is 0.0939. The summed E-state index contributed by atoms with van der Waals surface area (Å²) in [6.45, 7) is 8.17. The number of rotatable bonds is 1. The van der Waals surface area contributed by atoms with Gasteiger partial charge < -0.3 is 29.5 Å². The molecule has 10 atom stereocenters. The summed E-state index contributed by atoms with van der Waals surface area (Å²) in [5, 5.41) is 34.6. The zero-order valence-electron chi connectivity index (χ0n) is 16.6. The van der Waals surface area contributed by atoms with Gasteiger partial charge in [0.15, 0.2) is 5.60 Å². The average molecular weight is 392 g/mol. The second-order valence-electron chi connectivity index (χ2n) is 10.3. The molecule has 2 saturated heterocycles. The van der Waals surface area contributed by atoms with Crippen molar-refractivity contribution in [3.05, 3.63) is 11.1 Å². The number of ether oxygens (including phenoxy) is 3. The third kappa shape index (κ3) is 1.47. The van der Waals surface area contributed by atoms with Crippen LogP contribution in [0.4, 0.5) is 0 Å². The van der Waals surface area contributed by atoms with Gasteiger partial charge in [0.2, 0.25) is 0 Å². The van der Waals surface area contributed by atoms with Crippen LogP contribution in [0.1, 0.15) is 40.5 Å². The predicted octanol–water partition coefficient (Wildman–Crippen LogP) is 0.303. The van der Waals surface area contributed by atoms with Crippen molar-refractivity contribution in [2.45, 2.75) is 81.8 Å². The van der Waals surface area contributed by atoms with Gasteiger partial charge in [0, 0.05) is 11.3 Å². The van der Waals surface area contributed by atoms with Crippen molar-refractivity contribution in [3.63, 3.8) is 0 Å². The first kappa shape index (κ1) is 17.8. The van der Waals surface area contributed by atoms with E-state index in [9.17, 15) is 20.1 Å². The normalized spacial score (nSPS) is 61.1. The Bertz CT molecular complexity index is 837. The largest absolute Gasteiger partial charge is 0.458 e. The summed E-state index contributed by atoms with van der Waals surface area (Å²) in [4.78, 5) is 12.1. The highest BCUT2D eigenvalue weighted by Gasteiger charge is 2.92. The molecule has 4 fully saturated rings. The zero-order valence-corrected chi connectivity index (χ0v) is 16.6. The number of hydrogen-bond acceptors (Lipinski definition) is 7. The molecule has 6 aliphatic rings. The van der Waals surface area contributed by atoms with Crippen LogP contribution in [0.25, 0.3) is 0 Å². The summed E-state index contributed by atoms with van der Waals surface area (Å²) in [6.07, 6.45) is -1.63. The molecule has 0 aromatic heterocycles. The van der Waals surface area contributed by atoms with Crippen LogP contribution in [0.15, 0.2) is 11.1 Å². The monoisotopic (exact) mass is 392 g/mol. The molecule has 1 spiro atoms. The summed E-state index contributed by atoms with van der Waals surface area (Å²) >= 11 is 0. The molecule has 6 rings (SSSR count). The lowest BCUT2D eigenvalue weighted by Crippen LogP contribution is -2.77. The van der Waals surface area contributed by atoms with Crippen LogP contribution in [0.5, 0.6) is 0 Å². The van der Waals surface area contributed by atoms with Gasteiger partial charge >= 0.3 is 5.97 Å². The molecular weight excluding hydrogens is 364 g/mol. The van der Waals surface area contributed by atoms with Gasteiger partial charge in [-0.25, -0.2) is 4.79 Å². The lowest BCUT2D eigenvalue weighted by Gasteiger charge is -2.62. The molecular formula is C21H28O7. The molecule has 7 heteroatoms. The molecule has 3 aliphatic carbocycles. The number of esters is 1. The van der Waals surface area contributed by atoms with E-state index in [2.05, 4.69) is 0 Å². The summed E-state index contributed by atoms with van der Waals surface area (Å²) in [5.41, 5.74) is -2.76. The van der Waals surface area contributed by atoms with Crippen LogP contribution in [0.3, 0.4) is 0 Å². The van der Waals surface area contributed by atoms with Crippen LogP contribution < -0.4 is 0 Å². The van der Waals surface area contributed by atoms with Crippen LogP contribution in [-0.2, 0) is 19.0 Å². The quantitative estimate of drug-likeness (QED) is 0.435. The highest BCUT2D eigenvalue weighted by Crippen LogP contribution is 2.77. The fraction of sp³-hybridized carbons (Fsp3) is 0.857. The van der Waals surface area contributed by atoms with E-state index in [-0.39, 0.29) is 43.0 Å². The Labute approximate surface area is 163 Å². The predicted molar refractivity (Wildman–Crippen MR) is 95.0 cm³/mol. The van der Waals surface area contributed by atoms with Crippen LogP contribution >= 0.6 is 0 Å². The van der Waals surface area contributed by atoms with E-state index in [0.29, 0.717) is 12.0 Å². The van der Waals surface area contributed by atoms with E-state index in [1.54, 1.807) is 0 Å². The van der Waals surface area contributed by atoms with Crippen molar-refractivity contribution < 1.29 is 34.3 Å². The minimum Gasteiger partial charge on any atom is -0.458 e. The second kappa shape index (κ2) is 4.67. The Morgan fingerprint density at radius 2 is 1.93 bits per heavy atom. The molecule has 28 heavy (non-hydrogen) atoms. The molecule has 154 valence electrons. The smallest absolute Gasteiger partial charge is 0.337 e. The summed E-state index contributed by atoms with van der Waals surface area (Å²) < 4.78 is 17.5. The first-order valence-corrected chi connectivity index (χ1v) is 10.4. The molecule has 7 nitrogen and oxygen atoms in total. The minimum atomic E-state index is -1.38. The summed E-state index contributed by atoms with van der Waals surface area (Å²) in [7, 11) is 0. The Kier molecular flexibility index (Phi) is 2.98. The fourth-order valence-corrected chi connectivity index (χ4v) is 7.90. The average Bonchev–Trinajstić information content (AvgIpc) is 3.50. The number of aliphatic hydroxyl groups is 3. The van der Waals surface area contributed by atoms with Crippen LogP contribution in [-0.4, -0.2) is 69.1 Å². The van der Waals surface area contributed by atoms with Crippen molar-refractivity contribution in [2.75, 3.05) is 6.61 Å². The van der Waals surface area contributed by atoms with Crippen molar-refractivity contribution in [1.82, 2.24) is 0 Å². The van der Waals surface area contributed by atoms with Gasteiger partial charge in [-0.05, 0) is 30.3 Å². The third-order valence-corrected chi connectivity index (χ3v) is 9.31. The van der Waals surface area contributed by atoms with Gasteiger partial charge in [0.25, 0.3) is 0 Å². The number of fused-ring (bicyclic) bond motifs is 4. The topological polar surface area (TPSA) is 112 Å². The van der Waals surface area contributed by atoms with Crippen LogP contribution in [0, 0.1) is 23.2 Å². The standard InChI is InChI=1S/C21H28O7/c1-8(2)19-15(28-19)9(3)21(25)18(4)6-12(22)14-10(7-26-16(14)23)11(18)5-13-20(21,27-13)17(19)24/h8-9,11-13,15,17,22,24-25H,5-7H2,1-4H3/t9-,11-,12-,13-,15-,17+,18-,19-,20+,21+/m0/s1. The third-order valence-electron chi connectivity index (χ3n) is 9.31. The molecule has 0 aromatic carbocycles. The Morgan fingerprint density at radius 1 is 1.21 bits per heavy atom. The van der Waals surface area contributed by atoms with E-state index in [4.69, 9.17) is 14.2 Å². The number of hydrogen-bond donors (Lipinski definition) is 3. The van der Waals surface area contributed by atoms with Crippen molar-refractivity contribution in [1.29, 1.82) is 0 Å². The van der Waals surface area contributed by atoms with E-state index < -0.39 is 40.4 Å². The zero-order chi connectivity index (χ0) is 20.0. The molecule has 0 amide bonds. The van der Waals surface area contributed by atoms with Crippen LogP contribution in [0.2, 0.25) is 0 Å². The molecule has 2 saturated carbocycles. The number of cyclic esters (lactones) is 1. The molecule has 3 heterocycles. The highest BCUT2D eigenvalue weighted by molar-refractivity contribution is 5.93. The van der Waals surface area contributed by atoms with E-state index in [1.807, 2.05) is 27.7 Å². The maximum atomic E-state index is 12.4. The number of epoxide rings is 2.